The zero-order valence-corrected chi connectivity index (χ0v) is 15.8. The van der Waals surface area contributed by atoms with E-state index in [-0.39, 0.29) is 11.9 Å². The molecule has 0 bridgehead atoms. The number of aromatic nitrogens is 1. The van der Waals surface area contributed by atoms with Crippen LogP contribution >= 0.6 is 0 Å². The van der Waals surface area contributed by atoms with Gasteiger partial charge in [-0.05, 0) is 37.1 Å². The highest BCUT2D eigenvalue weighted by Gasteiger charge is 2.20. The maximum Gasteiger partial charge on any atom is 0.273 e. The first-order chi connectivity index (χ1) is 13.1. The molecular weight excluding hydrogens is 334 g/mol. The second-order valence-electron chi connectivity index (χ2n) is 6.78. The number of amides is 1. The number of rotatable bonds is 7. The van der Waals surface area contributed by atoms with E-state index in [0.717, 1.165) is 11.3 Å². The number of carbonyl (C=O) groups excluding carboxylic acids is 1. The highest BCUT2D eigenvalue weighted by atomic mass is 16.2. The van der Waals surface area contributed by atoms with Crippen molar-refractivity contribution >= 4 is 11.6 Å². The van der Waals surface area contributed by atoms with Gasteiger partial charge in [0.05, 0.1) is 0 Å². The number of carbonyl (C=O) groups is 1. The Bertz CT molecular complexity index is 863. The van der Waals surface area contributed by atoms with Gasteiger partial charge in [0.15, 0.2) is 0 Å². The van der Waals surface area contributed by atoms with Gasteiger partial charge in [0.25, 0.3) is 5.91 Å². The van der Waals surface area contributed by atoms with Crippen molar-refractivity contribution in [2.75, 3.05) is 5.32 Å². The Kier molecular flexibility index (Phi) is 6.21. The summed E-state index contributed by atoms with van der Waals surface area (Å²) in [6, 6.07) is 24.0. The average molecular weight is 359 g/mol. The maximum atomic E-state index is 13.1. The summed E-state index contributed by atoms with van der Waals surface area (Å²) in [6.45, 7) is 5.33. The number of hydrogen-bond donors (Lipinski definition) is 1. The molecule has 0 saturated carbocycles. The summed E-state index contributed by atoms with van der Waals surface area (Å²) in [5.41, 5.74) is 3.64. The van der Waals surface area contributed by atoms with E-state index in [9.17, 15) is 4.79 Å². The number of hydrogen-bond acceptors (Lipinski definition) is 3. The molecule has 0 aliphatic rings. The average Bonchev–Trinajstić information content (AvgIpc) is 2.71. The van der Waals surface area contributed by atoms with Crippen molar-refractivity contribution in [2.45, 2.75) is 33.0 Å². The van der Waals surface area contributed by atoms with Gasteiger partial charge in [0.1, 0.15) is 5.69 Å². The van der Waals surface area contributed by atoms with Crippen molar-refractivity contribution < 1.29 is 4.79 Å². The number of anilines is 1. The van der Waals surface area contributed by atoms with E-state index in [1.165, 1.54) is 5.56 Å². The Morgan fingerprint density at radius 2 is 1.59 bits per heavy atom. The van der Waals surface area contributed by atoms with Gasteiger partial charge in [-0.15, -0.1) is 0 Å². The van der Waals surface area contributed by atoms with E-state index < -0.39 is 0 Å². The molecule has 1 N–H and O–H groups in total. The minimum Gasteiger partial charge on any atom is -0.381 e. The molecule has 27 heavy (non-hydrogen) atoms. The lowest BCUT2D eigenvalue weighted by atomic mass is 10.1. The molecule has 1 aromatic heterocycles. The summed E-state index contributed by atoms with van der Waals surface area (Å²) < 4.78 is 0. The second kappa shape index (κ2) is 8.99. The van der Waals surface area contributed by atoms with Crippen molar-refractivity contribution in [3.63, 3.8) is 0 Å². The van der Waals surface area contributed by atoms with E-state index in [2.05, 4.69) is 22.4 Å². The van der Waals surface area contributed by atoms with Crippen LogP contribution in [0.2, 0.25) is 0 Å². The van der Waals surface area contributed by atoms with Crippen molar-refractivity contribution in [1.29, 1.82) is 0 Å². The van der Waals surface area contributed by atoms with E-state index in [4.69, 9.17) is 0 Å². The summed E-state index contributed by atoms with van der Waals surface area (Å²) in [5.74, 6) is -0.0581. The molecule has 1 amide bonds. The molecule has 0 saturated heterocycles. The monoisotopic (exact) mass is 359 g/mol. The summed E-state index contributed by atoms with van der Waals surface area (Å²) in [4.78, 5) is 19.2. The van der Waals surface area contributed by atoms with Crippen LogP contribution in [0.4, 0.5) is 5.69 Å². The molecule has 3 rings (SSSR count). The normalized spacial score (nSPS) is 10.6. The first kappa shape index (κ1) is 18.6. The number of benzene rings is 2. The highest BCUT2D eigenvalue weighted by Crippen LogP contribution is 2.16. The zero-order chi connectivity index (χ0) is 19.1. The standard InChI is InChI=1S/C23H25N3O/c1-18(2)26(17-20-11-7-4-8-12-20)23(27)22-15-21(13-14-24-22)25-16-19-9-5-3-6-10-19/h3-15,18H,16-17H2,1-2H3,(H,24,25). The third kappa shape index (κ3) is 5.17. The van der Waals surface area contributed by atoms with Gasteiger partial charge in [0, 0.05) is 31.0 Å². The summed E-state index contributed by atoms with van der Waals surface area (Å²) >= 11 is 0. The van der Waals surface area contributed by atoms with E-state index in [0.29, 0.717) is 18.8 Å². The largest absolute Gasteiger partial charge is 0.381 e. The summed E-state index contributed by atoms with van der Waals surface area (Å²) in [7, 11) is 0. The van der Waals surface area contributed by atoms with Crippen molar-refractivity contribution in [3.8, 4) is 0 Å². The van der Waals surface area contributed by atoms with Crippen LogP contribution in [0.1, 0.15) is 35.5 Å². The van der Waals surface area contributed by atoms with Crippen LogP contribution in [-0.2, 0) is 13.1 Å². The first-order valence-corrected chi connectivity index (χ1v) is 9.22. The lowest BCUT2D eigenvalue weighted by Crippen LogP contribution is -2.36. The van der Waals surface area contributed by atoms with Gasteiger partial charge in [-0.1, -0.05) is 60.7 Å². The summed E-state index contributed by atoms with van der Waals surface area (Å²) in [5, 5.41) is 3.36. The fraction of sp³-hybridized carbons (Fsp3) is 0.217. The second-order valence-corrected chi connectivity index (χ2v) is 6.78. The van der Waals surface area contributed by atoms with E-state index in [1.54, 1.807) is 6.20 Å². The third-order valence-corrected chi connectivity index (χ3v) is 4.40. The Balaban J connectivity index is 1.72. The fourth-order valence-corrected chi connectivity index (χ4v) is 2.87. The maximum absolute atomic E-state index is 13.1. The smallest absolute Gasteiger partial charge is 0.273 e. The first-order valence-electron chi connectivity index (χ1n) is 9.22. The zero-order valence-electron chi connectivity index (χ0n) is 15.8. The van der Waals surface area contributed by atoms with Gasteiger partial charge in [0.2, 0.25) is 0 Å². The molecule has 0 fully saturated rings. The Morgan fingerprint density at radius 1 is 0.963 bits per heavy atom. The van der Waals surface area contributed by atoms with Gasteiger partial charge in [-0.2, -0.15) is 0 Å². The molecule has 2 aromatic carbocycles. The van der Waals surface area contributed by atoms with Crippen molar-refractivity contribution in [2.24, 2.45) is 0 Å². The predicted molar refractivity (Wildman–Crippen MR) is 109 cm³/mol. The van der Waals surface area contributed by atoms with Crippen LogP contribution in [0.25, 0.3) is 0 Å². The third-order valence-electron chi connectivity index (χ3n) is 4.40. The van der Waals surface area contributed by atoms with E-state index in [1.807, 2.05) is 79.4 Å². The summed E-state index contributed by atoms with van der Waals surface area (Å²) in [6.07, 6.45) is 1.68. The van der Waals surface area contributed by atoms with Crippen LogP contribution in [0, 0.1) is 0 Å². The molecule has 0 aliphatic carbocycles. The number of pyridine rings is 1. The lowest BCUT2D eigenvalue weighted by Gasteiger charge is -2.26. The van der Waals surface area contributed by atoms with Gasteiger partial charge >= 0.3 is 0 Å². The van der Waals surface area contributed by atoms with Crippen LogP contribution < -0.4 is 5.32 Å². The van der Waals surface area contributed by atoms with Crippen molar-refractivity contribution in [3.05, 3.63) is 95.8 Å². The Hall–Kier alpha value is -3.14. The molecule has 3 aromatic rings. The van der Waals surface area contributed by atoms with Gasteiger partial charge in [-0.25, -0.2) is 0 Å². The molecule has 4 nitrogen and oxygen atoms in total. The molecule has 0 atom stereocenters. The molecular formula is C23H25N3O. The molecule has 138 valence electrons. The van der Waals surface area contributed by atoms with Crippen molar-refractivity contribution in [1.82, 2.24) is 9.88 Å². The molecule has 1 heterocycles. The van der Waals surface area contributed by atoms with Crippen LogP contribution in [0.3, 0.4) is 0 Å². The highest BCUT2D eigenvalue weighted by molar-refractivity contribution is 5.93. The van der Waals surface area contributed by atoms with Crippen LogP contribution in [-0.4, -0.2) is 21.8 Å². The minimum atomic E-state index is -0.0581. The molecule has 0 aliphatic heterocycles. The van der Waals surface area contributed by atoms with E-state index >= 15 is 0 Å². The number of nitrogens with zero attached hydrogens (tertiary/aromatic N) is 2. The Labute approximate surface area is 160 Å². The topological polar surface area (TPSA) is 45.2 Å². The SMILES string of the molecule is CC(C)N(Cc1ccccc1)C(=O)c1cc(NCc2ccccc2)ccn1. The predicted octanol–water partition coefficient (Wildman–Crippen LogP) is 4.74. The van der Waals surface area contributed by atoms with Crippen LogP contribution in [0.5, 0.6) is 0 Å². The fourth-order valence-electron chi connectivity index (χ4n) is 2.87. The Morgan fingerprint density at radius 3 is 2.22 bits per heavy atom. The molecule has 0 spiro atoms. The number of nitrogens with one attached hydrogen (secondary N) is 1. The molecule has 0 radical (unpaired) electrons. The molecule has 4 heteroatoms. The quantitative estimate of drug-likeness (QED) is 0.662. The molecule has 0 unspecified atom stereocenters. The van der Waals surface area contributed by atoms with Gasteiger partial charge in [-0.3, -0.25) is 9.78 Å². The van der Waals surface area contributed by atoms with Gasteiger partial charge < -0.3 is 10.2 Å². The lowest BCUT2D eigenvalue weighted by molar-refractivity contribution is 0.0684. The minimum absolute atomic E-state index is 0.0581. The van der Waals surface area contributed by atoms with Crippen LogP contribution in [0.15, 0.2) is 79.0 Å².